The van der Waals surface area contributed by atoms with Gasteiger partial charge in [-0.2, -0.15) is 13.2 Å². The second-order valence-corrected chi connectivity index (χ2v) is 4.76. The zero-order chi connectivity index (χ0) is 12.7. The van der Waals surface area contributed by atoms with Gasteiger partial charge in [-0.25, -0.2) is 0 Å². The molecule has 0 saturated carbocycles. The summed E-state index contributed by atoms with van der Waals surface area (Å²) in [5, 5.41) is 0.367. The first-order valence-corrected chi connectivity index (χ1v) is 5.53. The van der Waals surface area contributed by atoms with Crippen molar-refractivity contribution < 1.29 is 13.2 Å². The smallest absolute Gasteiger partial charge is 0.287 e. The maximum absolute atomic E-state index is 13.2. The Balaban J connectivity index is 2.54. The van der Waals surface area contributed by atoms with Crippen LogP contribution in [0.3, 0.4) is 0 Å². The zero-order valence-corrected chi connectivity index (χ0v) is 10.00. The summed E-state index contributed by atoms with van der Waals surface area (Å²) in [5.41, 5.74) is -2.00. The Morgan fingerprint density at radius 3 is 2.18 bits per heavy atom. The van der Waals surface area contributed by atoms with Crippen LogP contribution < -0.4 is 0 Å². The van der Waals surface area contributed by atoms with Crippen LogP contribution in [0.5, 0.6) is 0 Å². The molecule has 91 valence electrons. The molecule has 1 radical (unpaired) electrons. The van der Waals surface area contributed by atoms with E-state index in [0.29, 0.717) is 0 Å². The molecule has 1 heterocycles. The van der Waals surface area contributed by atoms with Crippen LogP contribution in [0.2, 0.25) is 10.0 Å². The Morgan fingerprint density at radius 2 is 1.76 bits per heavy atom. The van der Waals surface area contributed by atoms with Crippen molar-refractivity contribution in [2.75, 3.05) is 6.54 Å². The first-order chi connectivity index (χ1) is 7.85. The second-order valence-electron chi connectivity index (χ2n) is 3.89. The molecule has 0 aliphatic carbocycles. The molecule has 0 fully saturated rings. The lowest BCUT2D eigenvalue weighted by Crippen LogP contribution is -2.43. The van der Waals surface area contributed by atoms with E-state index in [1.54, 1.807) is 0 Å². The first kappa shape index (κ1) is 12.7. The number of aliphatic imine (C=N–C) groups is 1. The molecule has 17 heavy (non-hydrogen) atoms. The number of hydrogen-bond donors (Lipinski definition) is 0. The van der Waals surface area contributed by atoms with E-state index in [1.165, 1.54) is 18.2 Å². The summed E-state index contributed by atoms with van der Waals surface area (Å²) in [7, 11) is 0. The topological polar surface area (TPSA) is 12.4 Å². The van der Waals surface area contributed by atoms with E-state index in [2.05, 4.69) is 11.2 Å². The summed E-state index contributed by atoms with van der Waals surface area (Å²) in [5.74, 6) is 0. The lowest BCUT2D eigenvalue weighted by Gasteiger charge is -2.31. The molecule has 1 aliphatic rings. The molecule has 1 aliphatic heterocycles. The average molecular weight is 281 g/mol. The highest BCUT2D eigenvalue weighted by Crippen LogP contribution is 2.46. The summed E-state index contributed by atoms with van der Waals surface area (Å²) >= 11 is 11.5. The predicted molar refractivity (Wildman–Crippen MR) is 61.1 cm³/mol. The van der Waals surface area contributed by atoms with E-state index in [9.17, 15) is 13.2 Å². The molecule has 0 amide bonds. The monoisotopic (exact) mass is 280 g/mol. The predicted octanol–water partition coefficient (Wildman–Crippen LogP) is 4.15. The van der Waals surface area contributed by atoms with Crippen molar-refractivity contribution in [2.45, 2.75) is 18.0 Å². The number of hydrogen-bond acceptors (Lipinski definition) is 1. The fourth-order valence-corrected chi connectivity index (χ4v) is 2.34. The van der Waals surface area contributed by atoms with Crippen molar-refractivity contribution in [3.8, 4) is 0 Å². The van der Waals surface area contributed by atoms with Crippen molar-refractivity contribution in [3.05, 3.63) is 33.8 Å². The highest BCUT2D eigenvalue weighted by atomic mass is 35.5. The van der Waals surface area contributed by atoms with Gasteiger partial charge in [0.25, 0.3) is 0 Å². The standard InChI is InChI=1S/C11H7Cl2F3N/c12-8-3-7(4-9(13)5-8)10(11(14,15)16)1-2-17-6-10/h3-5H,1,6H2/t10-/m0/s1. The SMILES string of the molecule is FC(F)(F)[C@@]1(c2cc(Cl)cc(Cl)c2)C[C]=NC1. The van der Waals surface area contributed by atoms with Crippen molar-refractivity contribution >= 4 is 29.4 Å². The van der Waals surface area contributed by atoms with Gasteiger partial charge in [0.05, 0.1) is 12.8 Å². The Morgan fingerprint density at radius 1 is 1.18 bits per heavy atom. The van der Waals surface area contributed by atoms with Crippen molar-refractivity contribution in [1.82, 2.24) is 0 Å². The van der Waals surface area contributed by atoms with Crippen molar-refractivity contribution in [1.29, 1.82) is 0 Å². The van der Waals surface area contributed by atoms with E-state index in [1.807, 2.05) is 0 Å². The molecule has 1 aromatic rings. The molecular weight excluding hydrogens is 274 g/mol. The molecule has 0 saturated heterocycles. The third-order valence-corrected chi connectivity index (χ3v) is 3.24. The Hall–Kier alpha value is -0.740. The van der Waals surface area contributed by atoms with Crippen LogP contribution in [0.15, 0.2) is 23.2 Å². The molecule has 0 N–H and O–H groups in total. The van der Waals surface area contributed by atoms with Gasteiger partial charge < -0.3 is 0 Å². The second kappa shape index (κ2) is 4.18. The number of alkyl halides is 3. The fourth-order valence-electron chi connectivity index (χ4n) is 1.81. The molecule has 2 rings (SSSR count). The maximum atomic E-state index is 13.2. The van der Waals surface area contributed by atoms with E-state index in [0.717, 1.165) is 0 Å². The summed E-state index contributed by atoms with van der Waals surface area (Å²) < 4.78 is 39.5. The van der Waals surface area contributed by atoms with Gasteiger partial charge in [0.1, 0.15) is 5.41 Å². The van der Waals surface area contributed by atoms with Gasteiger partial charge in [0, 0.05) is 16.5 Å². The van der Waals surface area contributed by atoms with E-state index >= 15 is 0 Å². The van der Waals surface area contributed by atoms with Gasteiger partial charge in [-0.05, 0) is 23.8 Å². The fraction of sp³-hybridized carbons (Fsp3) is 0.364. The van der Waals surface area contributed by atoms with Gasteiger partial charge in [-0.1, -0.05) is 23.2 Å². The molecule has 0 spiro atoms. The highest BCUT2D eigenvalue weighted by Gasteiger charge is 2.57. The number of rotatable bonds is 1. The minimum absolute atomic E-state index is 0.0382. The molecule has 1 atom stereocenters. The largest absolute Gasteiger partial charge is 0.400 e. The van der Waals surface area contributed by atoms with Crippen molar-refractivity contribution in [3.63, 3.8) is 0 Å². The highest BCUT2D eigenvalue weighted by molar-refractivity contribution is 6.34. The van der Waals surface area contributed by atoms with E-state index < -0.39 is 11.6 Å². The van der Waals surface area contributed by atoms with Crippen LogP contribution in [0, 0.1) is 0 Å². The van der Waals surface area contributed by atoms with Crippen LogP contribution in [0.4, 0.5) is 13.2 Å². The van der Waals surface area contributed by atoms with Gasteiger partial charge >= 0.3 is 6.18 Å². The molecule has 1 aromatic carbocycles. The molecule has 1 nitrogen and oxygen atoms in total. The molecule has 0 bridgehead atoms. The molecular formula is C11H7Cl2F3N. The molecule has 0 unspecified atom stereocenters. The van der Waals surface area contributed by atoms with Crippen LogP contribution in [-0.4, -0.2) is 18.9 Å². The Bertz CT molecular complexity index is 440. The third kappa shape index (κ3) is 2.16. The summed E-state index contributed by atoms with van der Waals surface area (Å²) in [6.45, 7) is -0.368. The zero-order valence-electron chi connectivity index (χ0n) is 8.48. The number of nitrogens with zero attached hydrogens (tertiary/aromatic N) is 1. The quantitative estimate of drug-likeness (QED) is 0.733. The van der Waals surface area contributed by atoms with Crippen LogP contribution in [0.1, 0.15) is 12.0 Å². The lowest BCUT2D eigenvalue weighted by molar-refractivity contribution is -0.183. The Labute approximate surface area is 106 Å². The number of benzene rings is 1. The number of halogens is 5. The maximum Gasteiger partial charge on any atom is 0.400 e. The normalized spacial score (nSPS) is 24.3. The van der Waals surface area contributed by atoms with Crippen LogP contribution >= 0.6 is 23.2 Å². The Kier molecular flexibility index (Phi) is 3.12. The van der Waals surface area contributed by atoms with E-state index in [4.69, 9.17) is 23.2 Å². The molecule has 0 aromatic heterocycles. The third-order valence-electron chi connectivity index (χ3n) is 2.80. The summed E-state index contributed by atoms with van der Waals surface area (Å²) in [6, 6.07) is 3.96. The van der Waals surface area contributed by atoms with Crippen LogP contribution in [0.25, 0.3) is 0 Å². The van der Waals surface area contributed by atoms with Gasteiger partial charge in [0.15, 0.2) is 0 Å². The minimum Gasteiger partial charge on any atom is -0.287 e. The van der Waals surface area contributed by atoms with Gasteiger partial charge in [-0.15, -0.1) is 0 Å². The molecule has 6 heteroatoms. The minimum atomic E-state index is -4.41. The van der Waals surface area contributed by atoms with Gasteiger partial charge in [0.2, 0.25) is 0 Å². The first-order valence-electron chi connectivity index (χ1n) is 4.78. The summed E-state index contributed by atoms with van der Waals surface area (Å²) in [4.78, 5) is 3.58. The van der Waals surface area contributed by atoms with E-state index in [-0.39, 0.29) is 28.6 Å². The van der Waals surface area contributed by atoms with Gasteiger partial charge in [-0.3, -0.25) is 4.99 Å². The van der Waals surface area contributed by atoms with Crippen LogP contribution in [-0.2, 0) is 5.41 Å². The average Bonchev–Trinajstić information content (AvgIpc) is 2.64. The lowest BCUT2D eigenvalue weighted by atomic mass is 9.78. The van der Waals surface area contributed by atoms with Crippen molar-refractivity contribution in [2.24, 2.45) is 4.99 Å². The summed E-state index contributed by atoms with van der Waals surface area (Å²) in [6.07, 6.45) is -2.33.